The summed E-state index contributed by atoms with van der Waals surface area (Å²) in [5, 5.41) is 0. The average Bonchev–Trinajstić information content (AvgIpc) is 2.92. The van der Waals surface area contributed by atoms with Crippen LogP contribution < -0.4 is 14.3 Å². The van der Waals surface area contributed by atoms with E-state index in [0.29, 0.717) is 11.4 Å². The zero-order valence-electron chi connectivity index (χ0n) is 13.6. The Morgan fingerprint density at radius 1 is 1.17 bits per heavy atom. The van der Waals surface area contributed by atoms with Gasteiger partial charge in [-0.15, -0.1) is 0 Å². The van der Waals surface area contributed by atoms with Crippen LogP contribution in [-0.2, 0) is 11.8 Å². The lowest BCUT2D eigenvalue weighted by Gasteiger charge is -2.04. The molecule has 0 radical (unpaired) electrons. The normalized spacial score (nSPS) is 11.7. The van der Waals surface area contributed by atoms with E-state index in [1.165, 1.54) is 11.3 Å². The van der Waals surface area contributed by atoms with Gasteiger partial charge in [-0.25, -0.2) is 0 Å². The van der Waals surface area contributed by atoms with Crippen LogP contribution in [0.25, 0.3) is 10.2 Å². The van der Waals surface area contributed by atoms with E-state index in [9.17, 15) is 4.79 Å². The predicted octanol–water partition coefficient (Wildman–Crippen LogP) is 3.14. The number of aryl methyl sites for hydroxylation is 1. The van der Waals surface area contributed by atoms with Crippen LogP contribution in [0.15, 0.2) is 53.5 Å². The number of ether oxygens (including phenoxy) is 2. The molecular formula is C18H18N2O3S. The fourth-order valence-electron chi connectivity index (χ4n) is 2.38. The number of para-hydroxylation sites is 2. The zero-order chi connectivity index (χ0) is 16.9. The van der Waals surface area contributed by atoms with Gasteiger partial charge >= 0.3 is 0 Å². The lowest BCUT2D eigenvalue weighted by Crippen LogP contribution is -2.14. The van der Waals surface area contributed by atoms with Crippen LogP contribution in [0.3, 0.4) is 0 Å². The zero-order valence-corrected chi connectivity index (χ0v) is 14.4. The van der Waals surface area contributed by atoms with Crippen molar-refractivity contribution in [2.75, 3.05) is 13.7 Å². The molecule has 0 saturated heterocycles. The highest BCUT2D eigenvalue weighted by Crippen LogP contribution is 2.26. The van der Waals surface area contributed by atoms with Gasteiger partial charge < -0.3 is 14.0 Å². The maximum atomic E-state index is 12.1. The Morgan fingerprint density at radius 2 is 1.96 bits per heavy atom. The highest BCUT2D eigenvalue weighted by molar-refractivity contribution is 7.16. The number of hydrogen-bond donors (Lipinski definition) is 0. The largest absolute Gasteiger partial charge is 0.495 e. The monoisotopic (exact) mass is 342 g/mol. The molecule has 3 aromatic rings. The number of amides is 1. The van der Waals surface area contributed by atoms with E-state index >= 15 is 0 Å². The smallest absolute Gasteiger partial charge is 0.251 e. The van der Waals surface area contributed by atoms with E-state index in [4.69, 9.17) is 9.47 Å². The summed E-state index contributed by atoms with van der Waals surface area (Å²) >= 11 is 1.47. The number of nitrogens with zero attached hydrogens (tertiary/aromatic N) is 2. The number of carbonyl (C=O) groups is 1. The van der Waals surface area contributed by atoms with Crippen LogP contribution in [0.5, 0.6) is 11.5 Å². The number of benzene rings is 2. The van der Waals surface area contributed by atoms with Gasteiger partial charge in [-0.2, -0.15) is 4.99 Å². The molecule has 0 unspecified atom stereocenters. The van der Waals surface area contributed by atoms with Gasteiger partial charge in [0.15, 0.2) is 4.80 Å². The van der Waals surface area contributed by atoms with Crippen molar-refractivity contribution >= 4 is 27.5 Å². The fourth-order valence-corrected chi connectivity index (χ4v) is 3.43. The molecule has 1 aromatic heterocycles. The summed E-state index contributed by atoms with van der Waals surface area (Å²) in [7, 11) is 3.52. The standard InChI is InChI=1S/C18H18N2O3S/c1-20-17-14(22-2)9-6-10-15(17)24-18(20)19-16(21)11-12-23-13-7-4-3-5-8-13/h3-10H,11-12H2,1-2H3. The number of fused-ring (bicyclic) bond motifs is 1. The Labute approximate surface area is 143 Å². The second kappa shape index (κ2) is 7.31. The molecule has 24 heavy (non-hydrogen) atoms. The number of rotatable bonds is 5. The third-order valence-electron chi connectivity index (χ3n) is 3.55. The summed E-state index contributed by atoms with van der Waals surface area (Å²) in [5.41, 5.74) is 0.942. The lowest BCUT2D eigenvalue weighted by atomic mass is 10.3. The number of thiazole rings is 1. The molecule has 1 amide bonds. The van der Waals surface area contributed by atoms with E-state index in [1.807, 2.05) is 60.1 Å². The quantitative estimate of drug-likeness (QED) is 0.716. The van der Waals surface area contributed by atoms with Crippen molar-refractivity contribution < 1.29 is 14.3 Å². The van der Waals surface area contributed by atoms with Crippen LogP contribution >= 0.6 is 11.3 Å². The molecule has 0 atom stereocenters. The summed E-state index contributed by atoms with van der Waals surface area (Å²) in [6.07, 6.45) is 0.236. The van der Waals surface area contributed by atoms with Crippen LogP contribution in [0.2, 0.25) is 0 Å². The third kappa shape index (κ3) is 3.49. The predicted molar refractivity (Wildman–Crippen MR) is 94.5 cm³/mol. The van der Waals surface area contributed by atoms with Gasteiger partial charge in [0, 0.05) is 7.05 Å². The Morgan fingerprint density at radius 3 is 2.71 bits per heavy atom. The highest BCUT2D eigenvalue weighted by atomic mass is 32.1. The molecule has 1 heterocycles. The molecule has 5 nitrogen and oxygen atoms in total. The van der Waals surface area contributed by atoms with Crippen molar-refractivity contribution in [3.05, 3.63) is 53.3 Å². The highest BCUT2D eigenvalue weighted by Gasteiger charge is 2.09. The average molecular weight is 342 g/mol. The van der Waals surface area contributed by atoms with Gasteiger partial charge in [0.25, 0.3) is 5.91 Å². The molecule has 0 N–H and O–H groups in total. The second-order valence-electron chi connectivity index (χ2n) is 5.17. The first-order valence-electron chi connectivity index (χ1n) is 7.57. The van der Waals surface area contributed by atoms with Crippen LogP contribution in [-0.4, -0.2) is 24.2 Å². The SMILES string of the molecule is COc1cccc2sc(=NC(=O)CCOc3ccccc3)n(C)c12. The molecule has 0 spiro atoms. The molecule has 6 heteroatoms. The molecular weight excluding hydrogens is 324 g/mol. The molecule has 3 rings (SSSR count). The van der Waals surface area contributed by atoms with Crippen molar-refractivity contribution in [2.45, 2.75) is 6.42 Å². The van der Waals surface area contributed by atoms with Gasteiger partial charge in [0.2, 0.25) is 0 Å². The van der Waals surface area contributed by atoms with E-state index in [0.717, 1.165) is 21.7 Å². The first kappa shape index (κ1) is 16.3. The molecule has 0 aliphatic rings. The van der Waals surface area contributed by atoms with Crippen molar-refractivity contribution in [3.8, 4) is 11.5 Å². The molecule has 0 saturated carbocycles. The molecule has 0 aliphatic heterocycles. The second-order valence-corrected chi connectivity index (χ2v) is 6.18. The summed E-state index contributed by atoms with van der Waals surface area (Å²) in [6.45, 7) is 0.310. The minimum Gasteiger partial charge on any atom is -0.495 e. The van der Waals surface area contributed by atoms with E-state index < -0.39 is 0 Å². The number of methoxy groups -OCH3 is 1. The Bertz CT molecular complexity index is 913. The summed E-state index contributed by atoms with van der Waals surface area (Å²) in [5.74, 6) is 1.32. The molecule has 0 bridgehead atoms. The Hall–Kier alpha value is -2.60. The molecule has 2 aromatic carbocycles. The van der Waals surface area contributed by atoms with E-state index in [2.05, 4.69) is 4.99 Å². The van der Waals surface area contributed by atoms with Crippen LogP contribution in [0.4, 0.5) is 0 Å². The van der Waals surface area contributed by atoms with Crippen molar-refractivity contribution in [1.29, 1.82) is 0 Å². The van der Waals surface area contributed by atoms with Gasteiger partial charge in [0.05, 0.1) is 24.8 Å². The van der Waals surface area contributed by atoms with Crippen molar-refractivity contribution in [1.82, 2.24) is 4.57 Å². The molecule has 0 fully saturated rings. The molecule has 124 valence electrons. The number of aromatic nitrogens is 1. The Kier molecular flexibility index (Phi) is 4.96. The van der Waals surface area contributed by atoms with E-state index in [-0.39, 0.29) is 12.3 Å². The first-order chi connectivity index (χ1) is 11.7. The van der Waals surface area contributed by atoms with Crippen LogP contribution in [0, 0.1) is 0 Å². The third-order valence-corrected chi connectivity index (χ3v) is 4.65. The minimum absolute atomic E-state index is 0.202. The topological polar surface area (TPSA) is 52.8 Å². The van der Waals surface area contributed by atoms with Gasteiger partial charge in [-0.3, -0.25) is 4.79 Å². The number of carbonyl (C=O) groups excluding carboxylic acids is 1. The van der Waals surface area contributed by atoms with Gasteiger partial charge in [0.1, 0.15) is 17.0 Å². The van der Waals surface area contributed by atoms with Gasteiger partial charge in [-0.05, 0) is 24.3 Å². The maximum Gasteiger partial charge on any atom is 0.251 e. The summed E-state index contributed by atoms with van der Waals surface area (Å²) < 4.78 is 13.8. The minimum atomic E-state index is -0.202. The molecule has 0 aliphatic carbocycles. The van der Waals surface area contributed by atoms with Gasteiger partial charge in [-0.1, -0.05) is 35.6 Å². The fraction of sp³-hybridized carbons (Fsp3) is 0.222. The maximum absolute atomic E-state index is 12.1. The summed E-state index contributed by atoms with van der Waals surface area (Å²) in [4.78, 5) is 17.0. The van der Waals surface area contributed by atoms with Crippen molar-refractivity contribution in [3.63, 3.8) is 0 Å². The Balaban J connectivity index is 1.75. The lowest BCUT2D eigenvalue weighted by molar-refractivity contribution is -0.118. The van der Waals surface area contributed by atoms with Crippen LogP contribution in [0.1, 0.15) is 6.42 Å². The first-order valence-corrected chi connectivity index (χ1v) is 8.38. The number of hydrogen-bond acceptors (Lipinski definition) is 4. The van der Waals surface area contributed by atoms with E-state index in [1.54, 1.807) is 7.11 Å². The van der Waals surface area contributed by atoms with Crippen molar-refractivity contribution in [2.24, 2.45) is 12.0 Å². The summed E-state index contributed by atoms with van der Waals surface area (Å²) in [6, 6.07) is 15.2.